The van der Waals surface area contributed by atoms with Crippen molar-refractivity contribution < 1.29 is 14.1 Å². The SMILES string of the molecule is COc1ccc(-c2noc(N3CCC(C(=O)N(C)c4ccc(Br)cc4)CC3)n2)cc1. The van der Waals surface area contributed by atoms with Crippen molar-refractivity contribution in [3.8, 4) is 17.1 Å². The summed E-state index contributed by atoms with van der Waals surface area (Å²) in [7, 11) is 3.46. The topological polar surface area (TPSA) is 71.7 Å². The normalized spacial score (nSPS) is 14.6. The summed E-state index contributed by atoms with van der Waals surface area (Å²) in [6, 6.07) is 15.8. The molecule has 1 aliphatic heterocycles. The van der Waals surface area contributed by atoms with Gasteiger partial charge >= 0.3 is 6.01 Å². The molecule has 2 aromatic carbocycles. The van der Waals surface area contributed by atoms with Crippen molar-refractivity contribution in [3.63, 3.8) is 0 Å². The molecule has 4 rings (SSSR count). The number of halogens is 1. The van der Waals surface area contributed by atoms with E-state index in [1.165, 1.54) is 0 Å². The molecule has 0 unspecified atom stereocenters. The van der Waals surface area contributed by atoms with Crippen LogP contribution in [-0.4, -0.2) is 43.3 Å². The molecule has 3 aromatic rings. The van der Waals surface area contributed by atoms with Crippen molar-refractivity contribution >= 4 is 33.5 Å². The fraction of sp³-hybridized carbons (Fsp3) is 0.318. The molecule has 7 nitrogen and oxygen atoms in total. The van der Waals surface area contributed by atoms with Gasteiger partial charge in [-0.2, -0.15) is 4.98 Å². The third-order valence-corrected chi connectivity index (χ3v) is 5.95. The van der Waals surface area contributed by atoms with Crippen molar-refractivity contribution in [1.29, 1.82) is 0 Å². The summed E-state index contributed by atoms with van der Waals surface area (Å²) in [5, 5.41) is 4.10. The van der Waals surface area contributed by atoms with E-state index in [1.807, 2.05) is 60.5 Å². The van der Waals surface area contributed by atoms with Crippen LogP contribution in [0.25, 0.3) is 11.4 Å². The van der Waals surface area contributed by atoms with Gasteiger partial charge in [-0.1, -0.05) is 21.1 Å². The van der Waals surface area contributed by atoms with Crippen molar-refractivity contribution in [2.75, 3.05) is 37.0 Å². The fourth-order valence-electron chi connectivity index (χ4n) is 3.58. The number of amides is 1. The quantitative estimate of drug-likeness (QED) is 0.550. The summed E-state index contributed by atoms with van der Waals surface area (Å²) < 4.78 is 11.6. The summed E-state index contributed by atoms with van der Waals surface area (Å²) in [6.45, 7) is 1.41. The molecule has 1 aromatic heterocycles. The number of hydrogen-bond donors (Lipinski definition) is 0. The van der Waals surface area contributed by atoms with Gasteiger partial charge in [0.15, 0.2) is 0 Å². The first-order valence-electron chi connectivity index (χ1n) is 9.81. The monoisotopic (exact) mass is 470 g/mol. The molecule has 1 saturated heterocycles. The van der Waals surface area contributed by atoms with Gasteiger partial charge in [0.25, 0.3) is 0 Å². The summed E-state index contributed by atoms with van der Waals surface area (Å²) in [6.07, 6.45) is 1.50. The summed E-state index contributed by atoms with van der Waals surface area (Å²) in [5.41, 5.74) is 1.76. The van der Waals surface area contributed by atoms with Crippen LogP contribution in [-0.2, 0) is 4.79 Å². The molecule has 156 valence electrons. The lowest BCUT2D eigenvalue weighted by atomic mass is 9.95. The highest BCUT2D eigenvalue weighted by Crippen LogP contribution is 2.28. The smallest absolute Gasteiger partial charge is 0.324 e. The number of anilines is 2. The molecule has 0 bridgehead atoms. The van der Waals surface area contributed by atoms with Gasteiger partial charge in [0.2, 0.25) is 11.7 Å². The van der Waals surface area contributed by atoms with Gasteiger partial charge in [0.1, 0.15) is 5.75 Å². The number of hydrogen-bond acceptors (Lipinski definition) is 6. The molecule has 0 aliphatic carbocycles. The molecule has 0 saturated carbocycles. The maximum absolute atomic E-state index is 12.9. The lowest BCUT2D eigenvalue weighted by Gasteiger charge is -2.32. The van der Waals surface area contributed by atoms with E-state index in [4.69, 9.17) is 9.26 Å². The average Bonchev–Trinajstić information content (AvgIpc) is 3.29. The Kier molecular flexibility index (Phi) is 6.03. The number of benzene rings is 2. The highest BCUT2D eigenvalue weighted by molar-refractivity contribution is 9.10. The van der Waals surface area contributed by atoms with E-state index in [0.29, 0.717) is 24.9 Å². The maximum atomic E-state index is 12.9. The second-order valence-corrected chi connectivity index (χ2v) is 8.18. The molecule has 30 heavy (non-hydrogen) atoms. The second kappa shape index (κ2) is 8.87. The minimum absolute atomic E-state index is 0.0149. The first kappa shape index (κ1) is 20.4. The van der Waals surface area contributed by atoms with Crippen LogP contribution < -0.4 is 14.5 Å². The summed E-state index contributed by atoms with van der Waals surface area (Å²) in [5.74, 6) is 1.45. The van der Waals surface area contributed by atoms with Crippen molar-refractivity contribution in [1.82, 2.24) is 10.1 Å². The lowest BCUT2D eigenvalue weighted by Crippen LogP contribution is -2.41. The first-order valence-corrected chi connectivity index (χ1v) is 10.6. The van der Waals surface area contributed by atoms with Crippen molar-refractivity contribution in [2.45, 2.75) is 12.8 Å². The third kappa shape index (κ3) is 4.33. The molecule has 8 heteroatoms. The van der Waals surface area contributed by atoms with Gasteiger partial charge in [-0.15, -0.1) is 0 Å². The van der Waals surface area contributed by atoms with Crippen LogP contribution in [0.15, 0.2) is 57.5 Å². The van der Waals surface area contributed by atoms with Gasteiger partial charge in [-0.05, 0) is 61.4 Å². The number of aromatic nitrogens is 2. The molecule has 1 fully saturated rings. The molecular weight excluding hydrogens is 448 g/mol. The Morgan fingerprint density at radius 1 is 1.13 bits per heavy atom. The molecule has 0 spiro atoms. The molecule has 1 aliphatic rings. The molecular formula is C22H23BrN4O3. The maximum Gasteiger partial charge on any atom is 0.324 e. The van der Waals surface area contributed by atoms with E-state index in [9.17, 15) is 4.79 Å². The van der Waals surface area contributed by atoms with E-state index in [2.05, 4.69) is 26.1 Å². The van der Waals surface area contributed by atoms with Gasteiger partial charge in [-0.3, -0.25) is 4.79 Å². The van der Waals surface area contributed by atoms with Crippen LogP contribution in [0.1, 0.15) is 12.8 Å². The lowest BCUT2D eigenvalue weighted by molar-refractivity contribution is -0.122. The Morgan fingerprint density at radius 2 is 1.80 bits per heavy atom. The van der Waals surface area contributed by atoms with Gasteiger partial charge in [-0.25, -0.2) is 0 Å². The minimum Gasteiger partial charge on any atom is -0.497 e. The van der Waals surface area contributed by atoms with E-state index in [1.54, 1.807) is 12.0 Å². The number of carbonyl (C=O) groups is 1. The first-order chi connectivity index (χ1) is 14.5. The zero-order chi connectivity index (χ0) is 21.1. The molecule has 0 radical (unpaired) electrons. The van der Waals surface area contributed by atoms with E-state index in [0.717, 1.165) is 34.3 Å². The van der Waals surface area contributed by atoms with Gasteiger partial charge in [0, 0.05) is 41.8 Å². The molecule has 2 heterocycles. The number of nitrogens with zero attached hydrogens (tertiary/aromatic N) is 4. The standard InChI is InChI=1S/C22H23BrN4O3/c1-26(18-7-5-17(23)6-8-18)21(28)16-11-13-27(14-12-16)22-24-20(25-30-22)15-3-9-19(29-2)10-4-15/h3-10,16H,11-14H2,1-2H3. The van der Waals surface area contributed by atoms with Crippen molar-refractivity contribution in [3.05, 3.63) is 53.0 Å². The van der Waals surface area contributed by atoms with E-state index >= 15 is 0 Å². The third-order valence-electron chi connectivity index (χ3n) is 5.42. The highest BCUT2D eigenvalue weighted by atomic mass is 79.9. The number of ether oxygens (including phenoxy) is 1. The minimum atomic E-state index is -0.0149. The number of piperidine rings is 1. The predicted octanol–water partition coefficient (Wildman–Crippen LogP) is 4.39. The Labute approximate surface area is 183 Å². The summed E-state index contributed by atoms with van der Waals surface area (Å²) in [4.78, 5) is 21.2. The van der Waals surface area contributed by atoms with Crippen LogP contribution in [0.5, 0.6) is 5.75 Å². The molecule has 0 N–H and O–H groups in total. The Morgan fingerprint density at radius 3 is 2.43 bits per heavy atom. The molecule has 1 amide bonds. The highest BCUT2D eigenvalue weighted by Gasteiger charge is 2.29. The van der Waals surface area contributed by atoms with Crippen LogP contribution in [0.2, 0.25) is 0 Å². The fourth-order valence-corrected chi connectivity index (χ4v) is 3.85. The van der Waals surface area contributed by atoms with Crippen molar-refractivity contribution in [2.24, 2.45) is 5.92 Å². The largest absolute Gasteiger partial charge is 0.497 e. The Balaban J connectivity index is 1.37. The molecule has 0 atom stereocenters. The average molecular weight is 471 g/mol. The summed E-state index contributed by atoms with van der Waals surface area (Å²) >= 11 is 3.43. The Hall–Kier alpha value is -2.87. The van der Waals surface area contributed by atoms with Crippen LogP contribution >= 0.6 is 15.9 Å². The number of rotatable bonds is 5. The Bertz CT molecular complexity index is 996. The van der Waals surface area contributed by atoms with Crippen LogP contribution in [0, 0.1) is 5.92 Å². The van der Waals surface area contributed by atoms with E-state index in [-0.39, 0.29) is 11.8 Å². The van der Waals surface area contributed by atoms with Crippen LogP contribution in [0.3, 0.4) is 0 Å². The number of methoxy groups -OCH3 is 1. The van der Waals surface area contributed by atoms with Crippen LogP contribution in [0.4, 0.5) is 11.7 Å². The predicted molar refractivity (Wildman–Crippen MR) is 119 cm³/mol. The van der Waals surface area contributed by atoms with Gasteiger partial charge < -0.3 is 19.1 Å². The van der Waals surface area contributed by atoms with E-state index < -0.39 is 0 Å². The zero-order valence-corrected chi connectivity index (χ0v) is 18.5. The second-order valence-electron chi connectivity index (χ2n) is 7.26. The van der Waals surface area contributed by atoms with Gasteiger partial charge in [0.05, 0.1) is 7.11 Å². The number of carbonyl (C=O) groups excluding carboxylic acids is 1. The zero-order valence-electron chi connectivity index (χ0n) is 16.9.